The average molecular weight is 366 g/mol. The van der Waals surface area contributed by atoms with Gasteiger partial charge in [-0.15, -0.1) is 0 Å². The Labute approximate surface area is 126 Å². The van der Waals surface area contributed by atoms with Crippen molar-refractivity contribution in [2.75, 3.05) is 17.7 Å². The largest absolute Gasteiger partial charge is 0.388 e. The van der Waals surface area contributed by atoms with Gasteiger partial charge in [0.1, 0.15) is 0 Å². The van der Waals surface area contributed by atoms with E-state index in [1.165, 1.54) is 0 Å². The van der Waals surface area contributed by atoms with Crippen molar-refractivity contribution in [3.63, 3.8) is 0 Å². The van der Waals surface area contributed by atoms with Gasteiger partial charge in [0, 0.05) is 21.9 Å². The van der Waals surface area contributed by atoms with Crippen LogP contribution in [0.5, 0.6) is 0 Å². The van der Waals surface area contributed by atoms with Crippen molar-refractivity contribution >= 4 is 39.9 Å². The van der Waals surface area contributed by atoms with E-state index in [2.05, 4.69) is 33.2 Å². The highest BCUT2D eigenvalue weighted by Crippen LogP contribution is 2.20. The fourth-order valence-electron chi connectivity index (χ4n) is 1.84. The standard InChI is InChI=1S/C15H15IN2O/c1-10-9-11(7-8-13(10)17-2)15(19)18-14-6-4-3-5-12(14)16/h3-9,17H,1-2H3,(H,18,19). The topological polar surface area (TPSA) is 41.1 Å². The molecule has 0 fully saturated rings. The van der Waals surface area contributed by atoms with E-state index in [1.807, 2.05) is 56.4 Å². The fraction of sp³-hybridized carbons (Fsp3) is 0.133. The molecule has 4 heteroatoms. The molecule has 0 aliphatic carbocycles. The van der Waals surface area contributed by atoms with Crippen LogP contribution in [0.15, 0.2) is 42.5 Å². The molecule has 0 saturated carbocycles. The number of benzene rings is 2. The van der Waals surface area contributed by atoms with Gasteiger partial charge in [0.15, 0.2) is 0 Å². The van der Waals surface area contributed by atoms with Gasteiger partial charge in [-0.2, -0.15) is 0 Å². The zero-order chi connectivity index (χ0) is 13.8. The van der Waals surface area contributed by atoms with Crippen molar-refractivity contribution in [1.82, 2.24) is 0 Å². The van der Waals surface area contributed by atoms with E-state index in [1.54, 1.807) is 0 Å². The number of hydrogen-bond acceptors (Lipinski definition) is 2. The van der Waals surface area contributed by atoms with E-state index in [0.717, 1.165) is 20.5 Å². The number of para-hydroxylation sites is 1. The minimum atomic E-state index is -0.0881. The van der Waals surface area contributed by atoms with Gasteiger partial charge in [-0.1, -0.05) is 12.1 Å². The van der Waals surface area contributed by atoms with Crippen molar-refractivity contribution in [1.29, 1.82) is 0 Å². The Morgan fingerprint density at radius 2 is 1.84 bits per heavy atom. The molecule has 98 valence electrons. The number of anilines is 2. The lowest BCUT2D eigenvalue weighted by Crippen LogP contribution is -2.13. The third kappa shape index (κ3) is 3.26. The van der Waals surface area contributed by atoms with Crippen LogP contribution in [0, 0.1) is 10.5 Å². The van der Waals surface area contributed by atoms with Gasteiger partial charge in [0.25, 0.3) is 5.91 Å². The van der Waals surface area contributed by atoms with Gasteiger partial charge >= 0.3 is 0 Å². The van der Waals surface area contributed by atoms with Crippen LogP contribution in [0.2, 0.25) is 0 Å². The van der Waals surface area contributed by atoms with Crippen LogP contribution in [-0.2, 0) is 0 Å². The number of carbonyl (C=O) groups excluding carboxylic acids is 1. The van der Waals surface area contributed by atoms with E-state index >= 15 is 0 Å². The highest BCUT2D eigenvalue weighted by atomic mass is 127. The molecular formula is C15H15IN2O. The van der Waals surface area contributed by atoms with E-state index < -0.39 is 0 Å². The Kier molecular flexibility index (Phi) is 4.42. The van der Waals surface area contributed by atoms with Crippen molar-refractivity contribution in [3.05, 3.63) is 57.2 Å². The smallest absolute Gasteiger partial charge is 0.255 e. The summed E-state index contributed by atoms with van der Waals surface area (Å²) < 4.78 is 1.03. The molecule has 2 aromatic carbocycles. The maximum Gasteiger partial charge on any atom is 0.255 e. The molecule has 0 aliphatic heterocycles. The highest BCUT2D eigenvalue weighted by molar-refractivity contribution is 14.1. The van der Waals surface area contributed by atoms with Gasteiger partial charge < -0.3 is 10.6 Å². The lowest BCUT2D eigenvalue weighted by molar-refractivity contribution is 0.102. The van der Waals surface area contributed by atoms with Crippen LogP contribution in [0.4, 0.5) is 11.4 Å². The molecule has 0 heterocycles. The van der Waals surface area contributed by atoms with Crippen LogP contribution < -0.4 is 10.6 Å². The number of hydrogen-bond donors (Lipinski definition) is 2. The van der Waals surface area contributed by atoms with Crippen LogP contribution >= 0.6 is 22.6 Å². The van der Waals surface area contributed by atoms with E-state index in [-0.39, 0.29) is 5.91 Å². The second-order valence-electron chi connectivity index (χ2n) is 4.21. The van der Waals surface area contributed by atoms with Gasteiger partial charge in [-0.25, -0.2) is 0 Å². The summed E-state index contributed by atoms with van der Waals surface area (Å²) in [5.41, 5.74) is 3.59. The summed E-state index contributed by atoms with van der Waals surface area (Å²) in [6.07, 6.45) is 0. The Balaban J connectivity index is 2.21. The Bertz CT molecular complexity index is 611. The monoisotopic (exact) mass is 366 g/mol. The quantitative estimate of drug-likeness (QED) is 0.810. The SMILES string of the molecule is CNc1ccc(C(=O)Nc2ccccc2I)cc1C. The first-order valence-corrected chi connectivity index (χ1v) is 7.04. The third-order valence-electron chi connectivity index (χ3n) is 2.88. The average Bonchev–Trinajstić information content (AvgIpc) is 2.41. The Morgan fingerprint density at radius 3 is 2.47 bits per heavy atom. The first-order chi connectivity index (χ1) is 9.11. The van der Waals surface area contributed by atoms with Crippen molar-refractivity contribution < 1.29 is 4.79 Å². The predicted octanol–water partition coefficient (Wildman–Crippen LogP) is 3.89. The molecule has 2 aromatic rings. The number of amides is 1. The van der Waals surface area contributed by atoms with Crippen molar-refractivity contribution in [2.24, 2.45) is 0 Å². The van der Waals surface area contributed by atoms with E-state index in [0.29, 0.717) is 5.56 Å². The van der Waals surface area contributed by atoms with Gasteiger partial charge in [0.05, 0.1) is 5.69 Å². The molecule has 0 atom stereocenters. The van der Waals surface area contributed by atoms with Gasteiger partial charge in [-0.05, 0) is 65.4 Å². The van der Waals surface area contributed by atoms with Crippen molar-refractivity contribution in [3.8, 4) is 0 Å². The molecule has 3 nitrogen and oxygen atoms in total. The molecule has 0 aliphatic rings. The second-order valence-corrected chi connectivity index (χ2v) is 5.38. The number of carbonyl (C=O) groups is 1. The number of aryl methyl sites for hydroxylation is 1. The number of rotatable bonds is 3. The molecule has 0 bridgehead atoms. The molecule has 1 amide bonds. The second kappa shape index (κ2) is 6.06. The fourth-order valence-corrected chi connectivity index (χ4v) is 2.36. The van der Waals surface area contributed by atoms with Crippen LogP contribution in [0.3, 0.4) is 0 Å². The molecule has 2 rings (SSSR count). The normalized spacial score (nSPS) is 10.1. The Morgan fingerprint density at radius 1 is 1.11 bits per heavy atom. The van der Waals surface area contributed by atoms with E-state index in [9.17, 15) is 4.79 Å². The molecule has 0 radical (unpaired) electrons. The lowest BCUT2D eigenvalue weighted by atomic mass is 10.1. The lowest BCUT2D eigenvalue weighted by Gasteiger charge is -2.10. The summed E-state index contributed by atoms with van der Waals surface area (Å²) in [6, 6.07) is 13.3. The summed E-state index contributed by atoms with van der Waals surface area (Å²) >= 11 is 2.21. The first kappa shape index (κ1) is 13.9. The maximum atomic E-state index is 12.2. The summed E-state index contributed by atoms with van der Waals surface area (Å²) in [4.78, 5) is 12.2. The zero-order valence-electron chi connectivity index (χ0n) is 10.8. The zero-order valence-corrected chi connectivity index (χ0v) is 13.0. The van der Waals surface area contributed by atoms with Gasteiger partial charge in [-0.3, -0.25) is 4.79 Å². The predicted molar refractivity (Wildman–Crippen MR) is 87.8 cm³/mol. The molecule has 0 spiro atoms. The van der Waals surface area contributed by atoms with Crippen LogP contribution in [0.1, 0.15) is 15.9 Å². The minimum absolute atomic E-state index is 0.0881. The summed E-state index contributed by atoms with van der Waals surface area (Å²) in [7, 11) is 1.87. The van der Waals surface area contributed by atoms with Crippen molar-refractivity contribution in [2.45, 2.75) is 6.92 Å². The molecule has 19 heavy (non-hydrogen) atoms. The van der Waals surface area contributed by atoms with E-state index in [4.69, 9.17) is 0 Å². The molecule has 0 aromatic heterocycles. The minimum Gasteiger partial charge on any atom is -0.388 e. The van der Waals surface area contributed by atoms with Crippen LogP contribution in [-0.4, -0.2) is 13.0 Å². The summed E-state index contributed by atoms with van der Waals surface area (Å²) in [5.74, 6) is -0.0881. The molecular weight excluding hydrogens is 351 g/mol. The van der Waals surface area contributed by atoms with Gasteiger partial charge in [0.2, 0.25) is 0 Å². The first-order valence-electron chi connectivity index (χ1n) is 5.96. The van der Waals surface area contributed by atoms with Crippen LogP contribution in [0.25, 0.3) is 0 Å². The molecule has 0 unspecified atom stereocenters. The maximum absolute atomic E-state index is 12.2. The Hall–Kier alpha value is -1.56. The molecule has 2 N–H and O–H groups in total. The third-order valence-corrected chi connectivity index (χ3v) is 3.82. The number of halogens is 1. The number of nitrogens with one attached hydrogen (secondary N) is 2. The summed E-state index contributed by atoms with van der Waals surface area (Å²) in [6.45, 7) is 1.98. The molecule has 0 saturated heterocycles. The summed E-state index contributed by atoms with van der Waals surface area (Å²) in [5, 5.41) is 6.01. The highest BCUT2D eigenvalue weighted by Gasteiger charge is 2.09.